The van der Waals surface area contributed by atoms with Crippen LogP contribution in [0.15, 0.2) is 29.2 Å². The van der Waals surface area contributed by atoms with E-state index in [1.54, 1.807) is 0 Å². The fourth-order valence-electron chi connectivity index (χ4n) is 1.08. The van der Waals surface area contributed by atoms with E-state index in [1.807, 2.05) is 24.3 Å². The lowest BCUT2D eigenvalue weighted by Crippen LogP contribution is -2.02. The van der Waals surface area contributed by atoms with Crippen molar-refractivity contribution in [2.24, 2.45) is 0 Å². The van der Waals surface area contributed by atoms with Gasteiger partial charge in [0.05, 0.1) is 0 Å². The van der Waals surface area contributed by atoms with Crippen LogP contribution in [0.2, 0.25) is 0 Å². The van der Waals surface area contributed by atoms with Crippen molar-refractivity contribution in [2.75, 3.05) is 0 Å². The Labute approximate surface area is 74.6 Å². The van der Waals surface area contributed by atoms with Gasteiger partial charge in [0.2, 0.25) is 0 Å². The van der Waals surface area contributed by atoms with E-state index in [2.05, 4.69) is 12.6 Å². The van der Waals surface area contributed by atoms with Gasteiger partial charge in [0.15, 0.2) is 5.78 Å². The second kappa shape index (κ2) is 2.57. The molecule has 1 heterocycles. The molecule has 0 bridgehead atoms. The zero-order valence-corrected chi connectivity index (χ0v) is 7.36. The molecule has 11 heavy (non-hydrogen) atoms. The SMILES string of the molecule is O=C1c2ccccc2SC1S. The van der Waals surface area contributed by atoms with Crippen LogP contribution in [0.4, 0.5) is 0 Å². The molecule has 56 valence electrons. The Bertz CT molecular complexity index is 309. The average Bonchev–Trinajstić information content (AvgIpc) is 2.30. The van der Waals surface area contributed by atoms with E-state index in [1.165, 1.54) is 11.8 Å². The van der Waals surface area contributed by atoms with Crippen molar-refractivity contribution in [3.63, 3.8) is 0 Å². The molecular formula is C8H6OS2. The van der Waals surface area contributed by atoms with Gasteiger partial charge in [-0.15, -0.1) is 11.8 Å². The molecule has 1 atom stereocenters. The summed E-state index contributed by atoms with van der Waals surface area (Å²) in [5.41, 5.74) is 0.817. The van der Waals surface area contributed by atoms with Gasteiger partial charge in [0.1, 0.15) is 4.58 Å². The molecule has 1 nitrogen and oxygen atoms in total. The number of carbonyl (C=O) groups is 1. The molecule has 1 aliphatic rings. The number of Topliss-reactive ketones (excluding diaryl/α,β-unsaturated/α-hetero) is 1. The summed E-state index contributed by atoms with van der Waals surface area (Å²) >= 11 is 5.66. The van der Waals surface area contributed by atoms with Crippen LogP contribution in [0.1, 0.15) is 10.4 Å². The molecule has 0 saturated carbocycles. The molecular weight excluding hydrogens is 176 g/mol. The van der Waals surface area contributed by atoms with Crippen LogP contribution in [-0.2, 0) is 0 Å². The van der Waals surface area contributed by atoms with Crippen molar-refractivity contribution < 1.29 is 4.79 Å². The molecule has 0 N–H and O–H groups in total. The molecule has 0 fully saturated rings. The summed E-state index contributed by atoms with van der Waals surface area (Å²) in [6.45, 7) is 0. The Balaban J connectivity index is 2.55. The van der Waals surface area contributed by atoms with Crippen molar-refractivity contribution in [2.45, 2.75) is 9.48 Å². The van der Waals surface area contributed by atoms with E-state index >= 15 is 0 Å². The number of fused-ring (bicyclic) bond motifs is 1. The Kier molecular flexibility index (Phi) is 1.69. The van der Waals surface area contributed by atoms with Gasteiger partial charge in [0, 0.05) is 10.5 Å². The van der Waals surface area contributed by atoms with Crippen LogP contribution in [0.25, 0.3) is 0 Å². The molecule has 1 aliphatic heterocycles. The summed E-state index contributed by atoms with van der Waals surface area (Å²) in [7, 11) is 0. The molecule has 0 aliphatic carbocycles. The summed E-state index contributed by atoms with van der Waals surface area (Å²) in [4.78, 5) is 12.4. The van der Waals surface area contributed by atoms with E-state index in [9.17, 15) is 4.79 Å². The maximum atomic E-state index is 11.3. The molecule has 0 aromatic heterocycles. The van der Waals surface area contributed by atoms with Gasteiger partial charge >= 0.3 is 0 Å². The van der Waals surface area contributed by atoms with Crippen molar-refractivity contribution in [1.29, 1.82) is 0 Å². The normalized spacial score (nSPS) is 21.9. The zero-order valence-electron chi connectivity index (χ0n) is 5.65. The molecule has 0 radical (unpaired) electrons. The van der Waals surface area contributed by atoms with Crippen LogP contribution in [-0.4, -0.2) is 10.4 Å². The average molecular weight is 182 g/mol. The van der Waals surface area contributed by atoms with Crippen LogP contribution >= 0.6 is 24.4 Å². The van der Waals surface area contributed by atoms with Gasteiger partial charge in [-0.2, -0.15) is 12.6 Å². The second-order valence-corrected chi connectivity index (χ2v) is 4.34. The number of hydrogen-bond acceptors (Lipinski definition) is 3. The predicted molar refractivity (Wildman–Crippen MR) is 49.4 cm³/mol. The van der Waals surface area contributed by atoms with E-state index in [4.69, 9.17) is 0 Å². The first-order chi connectivity index (χ1) is 5.29. The molecule has 2 rings (SSSR count). The fraction of sp³-hybridized carbons (Fsp3) is 0.125. The van der Waals surface area contributed by atoms with Gasteiger partial charge in [-0.1, -0.05) is 18.2 Å². The van der Waals surface area contributed by atoms with Crippen LogP contribution in [0, 0.1) is 0 Å². The van der Waals surface area contributed by atoms with Crippen molar-refractivity contribution in [3.8, 4) is 0 Å². The third-order valence-electron chi connectivity index (χ3n) is 1.62. The van der Waals surface area contributed by atoms with Crippen molar-refractivity contribution >= 4 is 30.2 Å². The standard InChI is InChI=1S/C8H6OS2/c9-7-5-3-1-2-4-6(5)11-8(7)10/h1-4,8,10H. The summed E-state index contributed by atoms with van der Waals surface area (Å²) in [6.07, 6.45) is 0. The lowest BCUT2D eigenvalue weighted by Gasteiger charge is -1.91. The predicted octanol–water partition coefficient (Wildman–Crippen LogP) is 2.23. The Hall–Kier alpha value is -0.410. The fourth-order valence-corrected chi connectivity index (χ4v) is 2.49. The summed E-state index contributed by atoms with van der Waals surface area (Å²) in [5, 5.41) is 0. The monoisotopic (exact) mass is 182 g/mol. The Morgan fingerprint density at radius 3 is 2.82 bits per heavy atom. The molecule has 1 aromatic carbocycles. The molecule has 1 unspecified atom stereocenters. The van der Waals surface area contributed by atoms with Crippen LogP contribution in [0.5, 0.6) is 0 Å². The van der Waals surface area contributed by atoms with E-state index in [0.717, 1.165) is 10.5 Å². The zero-order chi connectivity index (χ0) is 7.84. The van der Waals surface area contributed by atoms with E-state index in [0.29, 0.717) is 0 Å². The Morgan fingerprint density at radius 1 is 1.36 bits per heavy atom. The minimum absolute atomic E-state index is 0.133. The molecule has 1 aromatic rings. The lowest BCUT2D eigenvalue weighted by atomic mass is 10.2. The second-order valence-electron chi connectivity index (χ2n) is 2.33. The van der Waals surface area contributed by atoms with Gasteiger partial charge < -0.3 is 0 Å². The van der Waals surface area contributed by atoms with Gasteiger partial charge in [0.25, 0.3) is 0 Å². The quantitative estimate of drug-likeness (QED) is 0.620. The first kappa shape index (κ1) is 7.25. The van der Waals surface area contributed by atoms with Gasteiger partial charge in [-0.3, -0.25) is 4.79 Å². The largest absolute Gasteiger partial charge is 0.292 e. The number of thiol groups is 1. The molecule has 0 saturated heterocycles. The molecule has 0 amide bonds. The van der Waals surface area contributed by atoms with Gasteiger partial charge in [-0.25, -0.2) is 0 Å². The van der Waals surface area contributed by atoms with Crippen LogP contribution in [0.3, 0.4) is 0 Å². The topological polar surface area (TPSA) is 17.1 Å². The van der Waals surface area contributed by atoms with Crippen molar-refractivity contribution in [1.82, 2.24) is 0 Å². The number of hydrogen-bond donors (Lipinski definition) is 1. The summed E-state index contributed by atoms with van der Waals surface area (Å²) in [6, 6.07) is 7.61. The van der Waals surface area contributed by atoms with E-state index < -0.39 is 0 Å². The number of benzene rings is 1. The maximum absolute atomic E-state index is 11.3. The molecule has 3 heteroatoms. The highest BCUT2D eigenvalue weighted by Gasteiger charge is 2.27. The number of thioether (sulfide) groups is 1. The maximum Gasteiger partial charge on any atom is 0.187 e. The third kappa shape index (κ3) is 1.08. The first-order valence-electron chi connectivity index (χ1n) is 3.27. The number of ketones is 1. The third-order valence-corrected chi connectivity index (χ3v) is 3.21. The van der Waals surface area contributed by atoms with Crippen molar-refractivity contribution in [3.05, 3.63) is 29.8 Å². The van der Waals surface area contributed by atoms with E-state index in [-0.39, 0.29) is 10.4 Å². The lowest BCUT2D eigenvalue weighted by molar-refractivity contribution is 0.101. The minimum Gasteiger partial charge on any atom is -0.292 e. The van der Waals surface area contributed by atoms with Crippen LogP contribution < -0.4 is 0 Å². The smallest absolute Gasteiger partial charge is 0.187 e. The highest BCUT2D eigenvalue weighted by molar-refractivity contribution is 8.12. The highest BCUT2D eigenvalue weighted by Crippen LogP contribution is 2.38. The Morgan fingerprint density at radius 2 is 2.09 bits per heavy atom. The molecule has 0 spiro atoms. The van der Waals surface area contributed by atoms with Gasteiger partial charge in [-0.05, 0) is 6.07 Å². The first-order valence-corrected chi connectivity index (χ1v) is 4.66. The number of carbonyl (C=O) groups excluding carboxylic acids is 1. The minimum atomic E-state index is -0.188. The number of rotatable bonds is 0. The summed E-state index contributed by atoms with van der Waals surface area (Å²) in [5.74, 6) is 0.133. The highest BCUT2D eigenvalue weighted by atomic mass is 32.2. The summed E-state index contributed by atoms with van der Waals surface area (Å²) < 4.78 is -0.188.